The molecule has 1 saturated heterocycles. The SMILES string of the molecule is C=CCOc1cccc(N2CC(C(=O)NN)CC2=O)c1. The van der Waals surface area contributed by atoms with E-state index in [9.17, 15) is 9.59 Å². The zero-order chi connectivity index (χ0) is 14.5. The van der Waals surface area contributed by atoms with Crippen molar-refractivity contribution in [3.63, 3.8) is 0 Å². The van der Waals surface area contributed by atoms with Crippen LogP contribution in [0.4, 0.5) is 5.69 Å². The second-order valence-electron chi connectivity index (χ2n) is 4.51. The fourth-order valence-corrected chi connectivity index (χ4v) is 2.15. The number of nitrogens with two attached hydrogens (primary N) is 1. The Morgan fingerprint density at radius 2 is 2.40 bits per heavy atom. The van der Waals surface area contributed by atoms with Crippen LogP contribution in [0.2, 0.25) is 0 Å². The highest BCUT2D eigenvalue weighted by Crippen LogP contribution is 2.27. The highest BCUT2D eigenvalue weighted by molar-refractivity contribution is 6.00. The fourth-order valence-electron chi connectivity index (χ4n) is 2.15. The first kappa shape index (κ1) is 14.1. The van der Waals surface area contributed by atoms with Gasteiger partial charge in [-0.3, -0.25) is 15.0 Å². The Balaban J connectivity index is 2.13. The normalized spacial score (nSPS) is 17.9. The molecule has 1 aromatic rings. The summed E-state index contributed by atoms with van der Waals surface area (Å²) in [4.78, 5) is 25.0. The summed E-state index contributed by atoms with van der Waals surface area (Å²) in [7, 11) is 0. The van der Waals surface area contributed by atoms with Crippen molar-refractivity contribution in [2.45, 2.75) is 6.42 Å². The number of nitrogens with one attached hydrogen (secondary N) is 1. The average Bonchev–Trinajstić information content (AvgIpc) is 2.86. The number of nitrogens with zero attached hydrogens (tertiary/aromatic N) is 1. The molecule has 6 heteroatoms. The van der Waals surface area contributed by atoms with Gasteiger partial charge in [0.05, 0.1) is 5.92 Å². The number of rotatable bonds is 5. The molecule has 1 aliphatic rings. The van der Waals surface area contributed by atoms with Gasteiger partial charge in [0.15, 0.2) is 0 Å². The summed E-state index contributed by atoms with van der Waals surface area (Å²) in [6.45, 7) is 4.31. The molecular weight excluding hydrogens is 258 g/mol. The summed E-state index contributed by atoms with van der Waals surface area (Å²) in [5, 5.41) is 0. The molecule has 1 fully saturated rings. The molecule has 1 atom stereocenters. The van der Waals surface area contributed by atoms with Crippen LogP contribution < -0.4 is 20.9 Å². The highest BCUT2D eigenvalue weighted by Gasteiger charge is 2.34. The Kier molecular flexibility index (Phi) is 4.37. The van der Waals surface area contributed by atoms with Gasteiger partial charge in [-0.2, -0.15) is 0 Å². The number of carbonyl (C=O) groups excluding carboxylic acids is 2. The van der Waals surface area contributed by atoms with Crippen LogP contribution in [0.1, 0.15) is 6.42 Å². The first-order valence-corrected chi connectivity index (χ1v) is 6.30. The molecule has 106 valence electrons. The van der Waals surface area contributed by atoms with E-state index >= 15 is 0 Å². The number of anilines is 1. The summed E-state index contributed by atoms with van der Waals surface area (Å²) in [5.74, 6) is 4.93. The second kappa shape index (κ2) is 6.21. The molecule has 2 rings (SSSR count). The van der Waals surface area contributed by atoms with E-state index in [2.05, 4.69) is 12.0 Å². The average molecular weight is 275 g/mol. The Hall–Kier alpha value is -2.34. The summed E-state index contributed by atoms with van der Waals surface area (Å²) < 4.78 is 5.43. The molecule has 20 heavy (non-hydrogen) atoms. The molecule has 1 aromatic carbocycles. The molecule has 0 spiro atoms. The predicted molar refractivity (Wildman–Crippen MR) is 74.9 cm³/mol. The van der Waals surface area contributed by atoms with Crippen LogP contribution in [0.25, 0.3) is 0 Å². The molecule has 0 aromatic heterocycles. The fraction of sp³-hybridized carbons (Fsp3) is 0.286. The van der Waals surface area contributed by atoms with Crippen LogP contribution >= 0.6 is 0 Å². The van der Waals surface area contributed by atoms with Crippen LogP contribution in [0.15, 0.2) is 36.9 Å². The van der Waals surface area contributed by atoms with Crippen molar-refractivity contribution in [1.82, 2.24) is 5.43 Å². The largest absolute Gasteiger partial charge is 0.489 e. The number of benzene rings is 1. The zero-order valence-electron chi connectivity index (χ0n) is 11.0. The lowest BCUT2D eigenvalue weighted by atomic mass is 10.1. The molecule has 0 saturated carbocycles. The van der Waals surface area contributed by atoms with Gasteiger partial charge in [-0.1, -0.05) is 18.7 Å². The number of hydrogen-bond donors (Lipinski definition) is 2. The molecule has 1 heterocycles. The topological polar surface area (TPSA) is 84.7 Å². The maximum atomic E-state index is 12.0. The number of hydrogen-bond acceptors (Lipinski definition) is 4. The molecular formula is C14H17N3O3. The number of hydrazine groups is 1. The van der Waals surface area contributed by atoms with Gasteiger partial charge < -0.3 is 9.64 Å². The monoisotopic (exact) mass is 275 g/mol. The van der Waals surface area contributed by atoms with E-state index in [1.165, 1.54) is 0 Å². The smallest absolute Gasteiger partial charge is 0.239 e. The maximum Gasteiger partial charge on any atom is 0.239 e. The van der Waals surface area contributed by atoms with E-state index in [0.29, 0.717) is 24.6 Å². The van der Waals surface area contributed by atoms with Crippen LogP contribution in [-0.4, -0.2) is 25.0 Å². The Bertz CT molecular complexity index is 530. The molecule has 6 nitrogen and oxygen atoms in total. The quantitative estimate of drug-likeness (QED) is 0.356. The zero-order valence-corrected chi connectivity index (χ0v) is 11.0. The third-order valence-corrected chi connectivity index (χ3v) is 3.14. The minimum Gasteiger partial charge on any atom is -0.489 e. The van der Waals surface area contributed by atoms with Crippen molar-refractivity contribution in [2.24, 2.45) is 11.8 Å². The summed E-state index contributed by atoms with van der Waals surface area (Å²) in [6, 6.07) is 7.18. The van der Waals surface area contributed by atoms with E-state index < -0.39 is 5.92 Å². The minimum absolute atomic E-state index is 0.0977. The van der Waals surface area contributed by atoms with E-state index in [1.807, 2.05) is 0 Å². The minimum atomic E-state index is -0.412. The third-order valence-electron chi connectivity index (χ3n) is 3.14. The lowest BCUT2D eigenvalue weighted by molar-refractivity contribution is -0.126. The second-order valence-corrected chi connectivity index (χ2v) is 4.51. The highest BCUT2D eigenvalue weighted by atomic mass is 16.5. The van der Waals surface area contributed by atoms with Crippen molar-refractivity contribution < 1.29 is 14.3 Å². The van der Waals surface area contributed by atoms with Gasteiger partial charge in [-0.15, -0.1) is 0 Å². The van der Waals surface area contributed by atoms with Crippen LogP contribution in [0, 0.1) is 5.92 Å². The Labute approximate surface area is 117 Å². The summed E-state index contributed by atoms with van der Waals surface area (Å²) >= 11 is 0. The van der Waals surface area contributed by atoms with Crippen molar-refractivity contribution in [3.05, 3.63) is 36.9 Å². The van der Waals surface area contributed by atoms with E-state index in [1.54, 1.807) is 35.2 Å². The van der Waals surface area contributed by atoms with E-state index in [-0.39, 0.29) is 18.2 Å². The van der Waals surface area contributed by atoms with Gasteiger partial charge in [-0.25, -0.2) is 5.84 Å². The molecule has 3 N–H and O–H groups in total. The van der Waals surface area contributed by atoms with E-state index in [0.717, 1.165) is 0 Å². The molecule has 0 bridgehead atoms. The maximum absolute atomic E-state index is 12.0. The van der Waals surface area contributed by atoms with E-state index in [4.69, 9.17) is 10.6 Å². The van der Waals surface area contributed by atoms with Gasteiger partial charge in [0.1, 0.15) is 12.4 Å². The van der Waals surface area contributed by atoms with Gasteiger partial charge in [0, 0.05) is 24.7 Å². The lowest BCUT2D eigenvalue weighted by Crippen LogP contribution is -2.37. The van der Waals surface area contributed by atoms with Crippen molar-refractivity contribution in [3.8, 4) is 5.75 Å². The summed E-state index contributed by atoms with van der Waals surface area (Å²) in [6.07, 6.45) is 1.82. The third kappa shape index (κ3) is 2.97. The summed E-state index contributed by atoms with van der Waals surface area (Å²) in [5.41, 5.74) is 2.80. The molecule has 0 radical (unpaired) electrons. The van der Waals surface area contributed by atoms with Crippen LogP contribution in [-0.2, 0) is 9.59 Å². The first-order chi connectivity index (χ1) is 9.65. The number of ether oxygens (including phenoxy) is 1. The van der Waals surface area contributed by atoms with Gasteiger partial charge in [-0.05, 0) is 12.1 Å². The van der Waals surface area contributed by atoms with Crippen molar-refractivity contribution in [2.75, 3.05) is 18.1 Å². The molecule has 2 amide bonds. The number of amides is 2. The van der Waals surface area contributed by atoms with Gasteiger partial charge in [0.25, 0.3) is 0 Å². The van der Waals surface area contributed by atoms with Crippen molar-refractivity contribution in [1.29, 1.82) is 0 Å². The van der Waals surface area contributed by atoms with Crippen molar-refractivity contribution >= 4 is 17.5 Å². The lowest BCUT2D eigenvalue weighted by Gasteiger charge is -2.17. The number of carbonyl (C=O) groups is 2. The predicted octanol–water partition coefficient (Wildman–Crippen LogP) is 0.594. The standard InChI is InChI=1S/C14H17N3O3/c1-2-6-20-12-5-3-4-11(8-12)17-9-10(7-13(17)18)14(19)16-15/h2-5,8,10H,1,6-7,9,15H2,(H,16,19). The Morgan fingerprint density at radius 3 is 3.10 bits per heavy atom. The van der Waals surface area contributed by atoms with Crippen LogP contribution in [0.3, 0.4) is 0 Å². The molecule has 0 aliphatic carbocycles. The van der Waals surface area contributed by atoms with Gasteiger partial charge in [0.2, 0.25) is 11.8 Å². The molecule has 1 aliphatic heterocycles. The Morgan fingerprint density at radius 1 is 1.60 bits per heavy atom. The first-order valence-electron chi connectivity index (χ1n) is 6.30. The van der Waals surface area contributed by atoms with Crippen LogP contribution in [0.5, 0.6) is 5.75 Å². The van der Waals surface area contributed by atoms with Gasteiger partial charge >= 0.3 is 0 Å². The molecule has 1 unspecified atom stereocenters.